The SMILES string of the molecule is C=CN1BNBNB1.[B]. The zero-order valence-corrected chi connectivity index (χ0v) is 5.43. The van der Waals surface area contributed by atoms with Gasteiger partial charge in [-0.2, -0.15) is 0 Å². The highest BCUT2D eigenvalue weighted by Crippen LogP contribution is 1.78. The van der Waals surface area contributed by atoms with Crippen LogP contribution in [0.2, 0.25) is 0 Å². The van der Waals surface area contributed by atoms with Gasteiger partial charge in [0.25, 0.3) is 22.6 Å². The Kier molecular flexibility index (Phi) is 4.44. The Bertz CT molecular complexity index is 81.9. The average Bonchev–Trinajstić information content (AvgIpc) is 1.90. The molecule has 0 aromatic heterocycles. The molecular formula is C2H8B4N3. The molecular weight excluding hydrogens is 109 g/mol. The first-order valence-corrected chi connectivity index (χ1v) is 2.71. The van der Waals surface area contributed by atoms with Crippen LogP contribution in [0, 0.1) is 0 Å². The summed E-state index contributed by atoms with van der Waals surface area (Å²) >= 11 is 0. The van der Waals surface area contributed by atoms with Gasteiger partial charge in [-0.15, -0.1) is 0 Å². The van der Waals surface area contributed by atoms with E-state index in [0.717, 1.165) is 22.6 Å². The van der Waals surface area contributed by atoms with Crippen molar-refractivity contribution in [3.63, 3.8) is 0 Å². The lowest BCUT2D eigenvalue weighted by Gasteiger charge is -2.23. The molecule has 1 aliphatic rings. The maximum Gasteiger partial charge on any atom is 0.298 e. The number of nitrogens with zero attached hydrogens (tertiary/aromatic N) is 1. The monoisotopic (exact) mass is 118 g/mol. The van der Waals surface area contributed by atoms with Crippen molar-refractivity contribution < 1.29 is 0 Å². The molecule has 0 saturated carbocycles. The highest BCUT2D eigenvalue weighted by atomic mass is 15.1. The van der Waals surface area contributed by atoms with Crippen molar-refractivity contribution in [1.82, 2.24) is 15.0 Å². The summed E-state index contributed by atoms with van der Waals surface area (Å²) in [5.74, 6) is 0. The van der Waals surface area contributed by atoms with Crippen LogP contribution in [-0.2, 0) is 0 Å². The van der Waals surface area contributed by atoms with Crippen LogP contribution in [0.4, 0.5) is 0 Å². The van der Waals surface area contributed by atoms with Crippen molar-refractivity contribution in [3.05, 3.63) is 12.8 Å². The standard InChI is InChI=1S/C2H8B3N3.B/c1-2-8-4-6-3-7-5-8;/h2-7H,1H2;. The van der Waals surface area contributed by atoms with E-state index in [1.165, 1.54) is 0 Å². The molecule has 1 fully saturated rings. The van der Waals surface area contributed by atoms with Gasteiger partial charge in [0.15, 0.2) is 0 Å². The second kappa shape index (κ2) is 4.58. The smallest absolute Gasteiger partial charge is 0.298 e. The van der Waals surface area contributed by atoms with Gasteiger partial charge in [0.2, 0.25) is 0 Å². The third kappa shape index (κ3) is 2.67. The van der Waals surface area contributed by atoms with E-state index in [2.05, 4.69) is 21.6 Å². The Balaban J connectivity index is 0.000000640. The topological polar surface area (TPSA) is 27.3 Å². The van der Waals surface area contributed by atoms with Gasteiger partial charge < -0.3 is 15.0 Å². The molecule has 0 aromatic rings. The summed E-state index contributed by atoms with van der Waals surface area (Å²) in [6.45, 7) is 3.63. The summed E-state index contributed by atoms with van der Waals surface area (Å²) in [6.07, 6.45) is 1.82. The fourth-order valence-corrected chi connectivity index (χ4v) is 0.672. The molecule has 9 heavy (non-hydrogen) atoms. The van der Waals surface area contributed by atoms with Gasteiger partial charge >= 0.3 is 0 Å². The summed E-state index contributed by atoms with van der Waals surface area (Å²) < 4.78 is 2.06. The van der Waals surface area contributed by atoms with Crippen molar-refractivity contribution >= 4 is 31.1 Å². The molecule has 1 heterocycles. The lowest BCUT2D eigenvalue weighted by molar-refractivity contribution is 0.891. The maximum atomic E-state index is 3.63. The van der Waals surface area contributed by atoms with Crippen molar-refractivity contribution in [1.29, 1.82) is 0 Å². The summed E-state index contributed by atoms with van der Waals surface area (Å²) in [7, 11) is 2.73. The fourth-order valence-electron chi connectivity index (χ4n) is 0.672. The Morgan fingerprint density at radius 3 is 2.22 bits per heavy atom. The largest absolute Gasteiger partial charge is 0.447 e. The van der Waals surface area contributed by atoms with Gasteiger partial charge in [0.1, 0.15) is 0 Å². The van der Waals surface area contributed by atoms with Gasteiger partial charge in [0, 0.05) is 8.41 Å². The van der Waals surface area contributed by atoms with Crippen LogP contribution >= 0.6 is 0 Å². The molecule has 7 heteroatoms. The Morgan fingerprint density at radius 2 is 1.89 bits per heavy atom. The molecule has 0 unspecified atom stereocenters. The highest BCUT2D eigenvalue weighted by Gasteiger charge is 2.07. The first kappa shape index (κ1) is 8.72. The predicted molar refractivity (Wildman–Crippen MR) is 45.5 cm³/mol. The van der Waals surface area contributed by atoms with Crippen LogP contribution in [-0.4, -0.2) is 35.8 Å². The molecule has 1 saturated heterocycles. The molecule has 2 N–H and O–H groups in total. The van der Waals surface area contributed by atoms with Crippen LogP contribution in [0.25, 0.3) is 0 Å². The number of hydrogen-bond donors (Lipinski definition) is 2. The maximum absolute atomic E-state index is 3.63. The molecule has 0 amide bonds. The van der Waals surface area contributed by atoms with E-state index in [-0.39, 0.29) is 8.41 Å². The van der Waals surface area contributed by atoms with Crippen molar-refractivity contribution in [2.24, 2.45) is 0 Å². The molecule has 0 bridgehead atoms. The first-order valence-electron chi connectivity index (χ1n) is 2.71. The van der Waals surface area contributed by atoms with E-state index >= 15 is 0 Å². The minimum atomic E-state index is 0. The fraction of sp³-hybridized carbons (Fsp3) is 0. The van der Waals surface area contributed by atoms with E-state index in [4.69, 9.17) is 0 Å². The average molecular weight is 117 g/mol. The lowest BCUT2D eigenvalue weighted by atomic mass is 9.81. The van der Waals surface area contributed by atoms with E-state index in [1.54, 1.807) is 0 Å². The van der Waals surface area contributed by atoms with E-state index in [9.17, 15) is 0 Å². The molecule has 0 aliphatic carbocycles. The summed E-state index contributed by atoms with van der Waals surface area (Å²) in [5.41, 5.74) is 0. The van der Waals surface area contributed by atoms with Crippen LogP contribution in [0.3, 0.4) is 0 Å². The minimum Gasteiger partial charge on any atom is -0.447 e. The third-order valence-corrected chi connectivity index (χ3v) is 1.14. The summed E-state index contributed by atoms with van der Waals surface area (Å²) in [6, 6.07) is 0. The first-order chi connectivity index (χ1) is 3.93. The van der Waals surface area contributed by atoms with E-state index in [0.29, 0.717) is 0 Å². The number of nitrogens with one attached hydrogen (secondary N) is 2. The number of hydrogen-bond acceptors (Lipinski definition) is 3. The lowest BCUT2D eigenvalue weighted by Crippen LogP contribution is -2.55. The Hall–Kier alpha value is -0.280. The molecule has 0 spiro atoms. The summed E-state index contributed by atoms with van der Waals surface area (Å²) in [5, 5.41) is 6.26. The normalized spacial score (nSPS) is 15.8. The molecule has 1 rings (SSSR count). The summed E-state index contributed by atoms with van der Waals surface area (Å²) in [4.78, 5) is 0. The van der Waals surface area contributed by atoms with E-state index in [1.807, 2.05) is 6.20 Å². The van der Waals surface area contributed by atoms with Crippen molar-refractivity contribution in [3.8, 4) is 0 Å². The van der Waals surface area contributed by atoms with Gasteiger partial charge in [0.05, 0.1) is 0 Å². The third-order valence-electron chi connectivity index (χ3n) is 1.14. The molecule has 1 aliphatic heterocycles. The van der Waals surface area contributed by atoms with Crippen LogP contribution < -0.4 is 10.3 Å². The van der Waals surface area contributed by atoms with Gasteiger partial charge in [-0.1, -0.05) is 6.58 Å². The minimum absolute atomic E-state index is 0. The second-order valence-electron chi connectivity index (χ2n) is 1.76. The van der Waals surface area contributed by atoms with Crippen molar-refractivity contribution in [2.75, 3.05) is 0 Å². The Morgan fingerprint density at radius 1 is 1.33 bits per heavy atom. The molecule has 0 atom stereocenters. The molecule has 3 radical (unpaired) electrons. The molecule has 43 valence electrons. The van der Waals surface area contributed by atoms with Gasteiger partial charge in [-0.05, 0) is 6.20 Å². The van der Waals surface area contributed by atoms with Gasteiger partial charge in [-0.25, -0.2) is 0 Å². The highest BCUT2D eigenvalue weighted by molar-refractivity contribution is 6.65. The predicted octanol–water partition coefficient (Wildman–Crippen LogP) is -2.96. The van der Waals surface area contributed by atoms with E-state index < -0.39 is 0 Å². The van der Waals surface area contributed by atoms with Crippen LogP contribution in [0.1, 0.15) is 0 Å². The Labute approximate surface area is 59.7 Å². The second-order valence-corrected chi connectivity index (χ2v) is 1.76. The van der Waals surface area contributed by atoms with Crippen LogP contribution in [0.15, 0.2) is 12.8 Å². The van der Waals surface area contributed by atoms with Crippen molar-refractivity contribution in [2.45, 2.75) is 0 Å². The van der Waals surface area contributed by atoms with Gasteiger partial charge in [-0.3, -0.25) is 0 Å². The quantitative estimate of drug-likeness (QED) is 0.360. The van der Waals surface area contributed by atoms with Crippen LogP contribution in [0.5, 0.6) is 0 Å². The zero-order valence-electron chi connectivity index (χ0n) is 5.43. The molecule has 0 aromatic carbocycles. The zero-order chi connectivity index (χ0) is 5.82. The number of rotatable bonds is 1. The molecule has 3 nitrogen and oxygen atoms in total.